The second-order valence-corrected chi connectivity index (χ2v) is 6.34. The van der Waals surface area contributed by atoms with Crippen LogP contribution in [0.2, 0.25) is 0 Å². The fourth-order valence-electron chi connectivity index (χ4n) is 3.26. The lowest BCUT2D eigenvalue weighted by Crippen LogP contribution is -2.11. The summed E-state index contributed by atoms with van der Waals surface area (Å²) in [6, 6.07) is 17.9. The highest BCUT2D eigenvalue weighted by molar-refractivity contribution is 5.63. The Morgan fingerprint density at radius 3 is 2.38 bits per heavy atom. The quantitative estimate of drug-likeness (QED) is 0.400. The third kappa shape index (κ3) is 4.85. The smallest absolute Gasteiger partial charge is 0.434 e. The molecule has 3 heteroatoms. The van der Waals surface area contributed by atoms with E-state index in [1.165, 1.54) is 36.8 Å². The first kappa shape index (κ1) is 16.6. The number of para-hydroxylation sites is 1. The highest BCUT2D eigenvalue weighted by Gasteiger charge is 2.16. The van der Waals surface area contributed by atoms with Crippen molar-refractivity contribution in [1.82, 2.24) is 0 Å². The Labute approximate surface area is 143 Å². The van der Waals surface area contributed by atoms with Crippen LogP contribution < -0.4 is 4.74 Å². The van der Waals surface area contributed by atoms with Crippen LogP contribution in [0.1, 0.15) is 49.1 Å². The Balaban J connectivity index is 1.36. The van der Waals surface area contributed by atoms with Gasteiger partial charge in [0, 0.05) is 0 Å². The van der Waals surface area contributed by atoms with Crippen LogP contribution in [0.3, 0.4) is 0 Å². The molecule has 0 unspecified atom stereocenters. The molecule has 0 aromatic heterocycles. The summed E-state index contributed by atoms with van der Waals surface area (Å²) in [5.41, 5.74) is 2.76. The van der Waals surface area contributed by atoms with Crippen molar-refractivity contribution in [2.75, 3.05) is 6.61 Å². The second-order valence-electron chi connectivity index (χ2n) is 6.34. The largest absolute Gasteiger partial charge is 0.513 e. The molecule has 1 saturated carbocycles. The summed E-state index contributed by atoms with van der Waals surface area (Å²) in [6.45, 7) is 0.371. The first-order chi connectivity index (χ1) is 11.8. The molecule has 0 amide bonds. The molecule has 0 N–H and O–H groups in total. The Morgan fingerprint density at radius 2 is 1.67 bits per heavy atom. The number of carbonyl (C=O) groups is 1. The zero-order chi connectivity index (χ0) is 16.6. The fraction of sp³-hybridized carbons (Fsp3) is 0.381. The van der Waals surface area contributed by atoms with E-state index in [-0.39, 0.29) is 0 Å². The van der Waals surface area contributed by atoms with Crippen molar-refractivity contribution in [1.29, 1.82) is 0 Å². The Kier molecular flexibility index (Phi) is 5.89. The van der Waals surface area contributed by atoms with Gasteiger partial charge < -0.3 is 9.47 Å². The predicted molar refractivity (Wildman–Crippen MR) is 94.4 cm³/mol. The molecule has 0 atom stereocenters. The van der Waals surface area contributed by atoms with Gasteiger partial charge in [-0.3, -0.25) is 0 Å². The zero-order valence-corrected chi connectivity index (χ0v) is 13.9. The lowest BCUT2D eigenvalue weighted by Gasteiger charge is -2.10. The summed E-state index contributed by atoms with van der Waals surface area (Å²) >= 11 is 0. The van der Waals surface area contributed by atoms with Gasteiger partial charge in [0.1, 0.15) is 5.75 Å². The molecule has 0 bridgehead atoms. The van der Waals surface area contributed by atoms with Gasteiger partial charge in [0.05, 0.1) is 6.61 Å². The maximum atomic E-state index is 11.6. The third-order valence-electron chi connectivity index (χ3n) is 4.58. The van der Waals surface area contributed by atoms with E-state index in [4.69, 9.17) is 9.47 Å². The van der Waals surface area contributed by atoms with Crippen molar-refractivity contribution in [3.05, 3.63) is 65.7 Å². The van der Waals surface area contributed by atoms with Crippen LogP contribution in [0.15, 0.2) is 54.6 Å². The number of benzene rings is 2. The summed E-state index contributed by atoms with van der Waals surface area (Å²) in [7, 11) is 0. The van der Waals surface area contributed by atoms with Crippen molar-refractivity contribution >= 4 is 6.16 Å². The molecule has 24 heavy (non-hydrogen) atoms. The van der Waals surface area contributed by atoms with Crippen LogP contribution >= 0.6 is 0 Å². The molecule has 1 aliphatic rings. The number of hydrogen-bond donors (Lipinski definition) is 0. The van der Waals surface area contributed by atoms with Crippen LogP contribution in [0, 0.1) is 0 Å². The molecule has 126 valence electrons. The van der Waals surface area contributed by atoms with E-state index in [0.717, 1.165) is 18.8 Å². The Morgan fingerprint density at radius 1 is 0.958 bits per heavy atom. The minimum absolute atomic E-state index is 0.371. The van der Waals surface area contributed by atoms with E-state index in [2.05, 4.69) is 24.3 Å². The van der Waals surface area contributed by atoms with Crippen LogP contribution in [-0.2, 0) is 11.2 Å². The van der Waals surface area contributed by atoms with Gasteiger partial charge in [-0.2, -0.15) is 0 Å². The van der Waals surface area contributed by atoms with Gasteiger partial charge in [0.2, 0.25) is 0 Å². The summed E-state index contributed by atoms with van der Waals surface area (Å²) in [5, 5.41) is 0. The molecule has 0 saturated heterocycles. The number of rotatable bonds is 6. The van der Waals surface area contributed by atoms with Crippen LogP contribution in [0.5, 0.6) is 5.75 Å². The summed E-state index contributed by atoms with van der Waals surface area (Å²) in [4.78, 5) is 11.6. The zero-order valence-electron chi connectivity index (χ0n) is 13.9. The maximum absolute atomic E-state index is 11.6. The molecule has 0 radical (unpaired) electrons. The summed E-state index contributed by atoms with van der Waals surface area (Å²) < 4.78 is 10.2. The van der Waals surface area contributed by atoms with Crippen molar-refractivity contribution in [3.8, 4) is 5.75 Å². The topological polar surface area (TPSA) is 35.5 Å². The van der Waals surface area contributed by atoms with Crippen LogP contribution in [0.4, 0.5) is 4.79 Å². The van der Waals surface area contributed by atoms with Crippen molar-refractivity contribution in [3.63, 3.8) is 0 Å². The maximum Gasteiger partial charge on any atom is 0.513 e. The van der Waals surface area contributed by atoms with E-state index >= 15 is 0 Å². The second kappa shape index (κ2) is 8.53. The van der Waals surface area contributed by atoms with Crippen LogP contribution in [0.25, 0.3) is 0 Å². The molecule has 2 aromatic carbocycles. The summed E-state index contributed by atoms with van der Waals surface area (Å²) in [6.07, 6.45) is 6.45. The van der Waals surface area contributed by atoms with E-state index in [9.17, 15) is 4.79 Å². The van der Waals surface area contributed by atoms with Crippen molar-refractivity contribution < 1.29 is 14.3 Å². The molecule has 0 spiro atoms. The first-order valence-electron chi connectivity index (χ1n) is 8.80. The molecule has 1 fully saturated rings. The van der Waals surface area contributed by atoms with Crippen LogP contribution in [-0.4, -0.2) is 12.8 Å². The molecule has 0 heterocycles. The highest BCUT2D eigenvalue weighted by atomic mass is 16.7. The molecule has 3 rings (SSSR count). The van der Waals surface area contributed by atoms with Gasteiger partial charge in [0.25, 0.3) is 0 Å². The average molecular weight is 324 g/mol. The molecular weight excluding hydrogens is 300 g/mol. The lowest BCUT2D eigenvalue weighted by atomic mass is 9.96. The fourth-order valence-corrected chi connectivity index (χ4v) is 3.26. The average Bonchev–Trinajstić information content (AvgIpc) is 3.15. The molecule has 0 aliphatic heterocycles. The highest BCUT2D eigenvalue weighted by Crippen LogP contribution is 2.34. The molecular formula is C21H24O3. The van der Waals surface area contributed by atoms with E-state index in [0.29, 0.717) is 12.4 Å². The number of aryl methyl sites for hydroxylation is 1. The van der Waals surface area contributed by atoms with Crippen molar-refractivity contribution in [2.24, 2.45) is 0 Å². The summed E-state index contributed by atoms with van der Waals surface area (Å²) in [5.74, 6) is 1.26. The Hall–Kier alpha value is -2.29. The minimum atomic E-state index is -0.641. The normalized spacial score (nSPS) is 14.5. The molecule has 2 aromatic rings. The Bertz CT molecular complexity index is 628. The first-order valence-corrected chi connectivity index (χ1v) is 8.80. The van der Waals surface area contributed by atoms with Gasteiger partial charge in [0.15, 0.2) is 0 Å². The van der Waals surface area contributed by atoms with E-state index in [1.54, 1.807) is 12.1 Å². The van der Waals surface area contributed by atoms with Gasteiger partial charge in [-0.05, 0) is 54.9 Å². The predicted octanol–water partition coefficient (Wildman–Crippen LogP) is 5.49. The van der Waals surface area contributed by atoms with Gasteiger partial charge >= 0.3 is 6.16 Å². The number of carbonyl (C=O) groups excluding carboxylic acids is 1. The minimum Gasteiger partial charge on any atom is -0.434 e. The van der Waals surface area contributed by atoms with E-state index < -0.39 is 6.16 Å². The third-order valence-corrected chi connectivity index (χ3v) is 4.58. The van der Waals surface area contributed by atoms with Gasteiger partial charge in [-0.25, -0.2) is 4.79 Å². The number of hydrogen-bond acceptors (Lipinski definition) is 3. The van der Waals surface area contributed by atoms with Gasteiger partial charge in [-0.1, -0.05) is 55.3 Å². The van der Waals surface area contributed by atoms with Crippen molar-refractivity contribution in [2.45, 2.75) is 44.4 Å². The lowest BCUT2D eigenvalue weighted by molar-refractivity contribution is 0.0981. The van der Waals surface area contributed by atoms with Gasteiger partial charge in [-0.15, -0.1) is 0 Å². The molecule has 3 nitrogen and oxygen atoms in total. The standard InChI is InChI=1S/C21H24O3/c22-21(24-20-10-2-1-3-11-20)23-16-6-7-17-12-14-19(15-13-17)18-8-4-5-9-18/h1-3,10-15,18H,4-9,16H2. The number of ether oxygens (including phenoxy) is 2. The monoisotopic (exact) mass is 324 g/mol. The van der Waals surface area contributed by atoms with E-state index in [1.807, 2.05) is 18.2 Å². The molecule has 1 aliphatic carbocycles. The SMILES string of the molecule is O=C(OCCCc1ccc(C2CCCC2)cc1)Oc1ccccc1.